The van der Waals surface area contributed by atoms with Crippen LogP contribution >= 0.6 is 11.5 Å². The van der Waals surface area contributed by atoms with Gasteiger partial charge in [0.25, 0.3) is 0 Å². The lowest BCUT2D eigenvalue weighted by Gasteiger charge is -2.17. The molecule has 0 amide bonds. The Morgan fingerprint density at radius 1 is 1.33 bits per heavy atom. The molecule has 1 aliphatic rings. The van der Waals surface area contributed by atoms with Gasteiger partial charge in [-0.15, -0.1) is 5.10 Å². The van der Waals surface area contributed by atoms with Crippen molar-refractivity contribution in [1.29, 1.82) is 0 Å². The van der Waals surface area contributed by atoms with Gasteiger partial charge in [-0.3, -0.25) is 4.79 Å². The number of ketones is 1. The van der Waals surface area contributed by atoms with E-state index in [4.69, 9.17) is 0 Å². The number of phenolic OH excluding ortho intramolecular Hbond substituents is 1. The summed E-state index contributed by atoms with van der Waals surface area (Å²) in [7, 11) is 0. The van der Waals surface area contributed by atoms with Crippen molar-refractivity contribution in [3.63, 3.8) is 0 Å². The number of allylic oxidation sites excluding steroid dienone is 1. The summed E-state index contributed by atoms with van der Waals surface area (Å²) < 4.78 is 3.77. The lowest BCUT2D eigenvalue weighted by Crippen LogP contribution is -2.13. The molecular formula is C13H10N2O2S. The highest BCUT2D eigenvalue weighted by atomic mass is 32.1. The second-order valence-electron chi connectivity index (χ2n) is 4.17. The molecule has 0 aliphatic heterocycles. The maximum atomic E-state index is 12.3. The van der Waals surface area contributed by atoms with Crippen molar-refractivity contribution in [2.24, 2.45) is 0 Å². The minimum atomic E-state index is 0.0178. The van der Waals surface area contributed by atoms with Crippen LogP contribution in [0.1, 0.15) is 28.0 Å². The first-order valence-electron chi connectivity index (χ1n) is 5.58. The summed E-state index contributed by atoms with van der Waals surface area (Å²) in [5, 5.41) is 15.1. The van der Waals surface area contributed by atoms with Gasteiger partial charge in [0.1, 0.15) is 5.75 Å². The topological polar surface area (TPSA) is 63.1 Å². The third kappa shape index (κ3) is 1.93. The molecule has 0 unspecified atom stereocenters. The van der Waals surface area contributed by atoms with Crippen molar-refractivity contribution in [3.8, 4) is 5.75 Å². The molecule has 0 radical (unpaired) electrons. The molecule has 90 valence electrons. The number of carbonyl (C=O) groups is 1. The van der Waals surface area contributed by atoms with E-state index in [2.05, 4.69) is 9.59 Å². The van der Waals surface area contributed by atoms with Crippen molar-refractivity contribution in [1.82, 2.24) is 9.59 Å². The van der Waals surface area contributed by atoms with Gasteiger partial charge < -0.3 is 5.11 Å². The second-order valence-corrected chi connectivity index (χ2v) is 4.78. The van der Waals surface area contributed by atoms with E-state index in [1.807, 2.05) is 5.38 Å². The average molecular weight is 258 g/mol. The molecule has 1 N–H and O–H groups in total. The Kier molecular flexibility index (Phi) is 2.68. The minimum Gasteiger partial charge on any atom is -0.508 e. The molecule has 0 bridgehead atoms. The molecular weight excluding hydrogens is 248 g/mol. The number of rotatable bonds is 1. The zero-order chi connectivity index (χ0) is 12.5. The highest BCUT2D eigenvalue weighted by Crippen LogP contribution is 2.28. The second kappa shape index (κ2) is 4.34. The first-order valence-corrected chi connectivity index (χ1v) is 6.42. The van der Waals surface area contributed by atoms with Crippen LogP contribution in [0.2, 0.25) is 0 Å². The number of carbonyl (C=O) groups excluding carboxylic acids is 1. The number of benzene rings is 1. The van der Waals surface area contributed by atoms with Crippen molar-refractivity contribution in [2.45, 2.75) is 12.8 Å². The third-order valence-corrected chi connectivity index (χ3v) is 3.51. The smallest absolute Gasteiger partial charge is 0.189 e. The standard InChI is InChI=1S/C13H10N2O2S/c16-11-3-4-12-8(6-11)1-2-9(13(12)17)5-10-7-18-15-14-10/h3-7,16H,1-2H2/b9-5+. The minimum absolute atomic E-state index is 0.0178. The summed E-state index contributed by atoms with van der Waals surface area (Å²) in [4.78, 5) is 12.3. The van der Waals surface area contributed by atoms with Gasteiger partial charge in [-0.1, -0.05) is 4.49 Å². The number of hydrogen-bond donors (Lipinski definition) is 1. The number of fused-ring (bicyclic) bond motifs is 1. The number of phenols is 1. The molecule has 0 fully saturated rings. The van der Waals surface area contributed by atoms with Crippen molar-refractivity contribution in [3.05, 3.63) is 46.0 Å². The Bertz CT molecular complexity index is 632. The zero-order valence-electron chi connectivity index (χ0n) is 9.46. The monoisotopic (exact) mass is 258 g/mol. The number of nitrogens with zero attached hydrogens (tertiary/aromatic N) is 2. The maximum Gasteiger partial charge on any atom is 0.189 e. The van der Waals surface area contributed by atoms with Crippen LogP contribution in [0.15, 0.2) is 29.2 Å². The first-order chi connectivity index (χ1) is 8.74. The number of aromatic hydroxyl groups is 1. The van der Waals surface area contributed by atoms with Crippen LogP contribution in [0.3, 0.4) is 0 Å². The molecule has 0 saturated heterocycles. The van der Waals surface area contributed by atoms with Crippen LogP contribution in [0, 0.1) is 0 Å². The van der Waals surface area contributed by atoms with Gasteiger partial charge in [0.2, 0.25) is 0 Å². The summed E-state index contributed by atoms with van der Waals surface area (Å²) in [6.45, 7) is 0. The molecule has 1 heterocycles. The van der Waals surface area contributed by atoms with Gasteiger partial charge in [0.05, 0.1) is 5.69 Å². The van der Waals surface area contributed by atoms with Gasteiger partial charge in [-0.2, -0.15) is 0 Å². The summed E-state index contributed by atoms with van der Waals surface area (Å²) >= 11 is 1.27. The Morgan fingerprint density at radius 3 is 3.00 bits per heavy atom. The predicted molar refractivity (Wildman–Crippen MR) is 68.6 cm³/mol. The van der Waals surface area contributed by atoms with E-state index in [0.717, 1.165) is 23.3 Å². The van der Waals surface area contributed by atoms with Crippen molar-refractivity contribution in [2.75, 3.05) is 0 Å². The molecule has 18 heavy (non-hydrogen) atoms. The fourth-order valence-electron chi connectivity index (χ4n) is 2.12. The number of hydrogen-bond acceptors (Lipinski definition) is 5. The quantitative estimate of drug-likeness (QED) is 0.798. The van der Waals surface area contributed by atoms with E-state index < -0.39 is 0 Å². The SMILES string of the molecule is O=C1/C(=C/c2csnn2)CCc2cc(O)ccc21. The summed E-state index contributed by atoms with van der Waals surface area (Å²) in [5.41, 5.74) is 3.06. The molecule has 1 aromatic heterocycles. The van der Waals surface area contributed by atoms with Crippen molar-refractivity contribution >= 4 is 23.4 Å². The Balaban J connectivity index is 1.99. The highest BCUT2D eigenvalue weighted by Gasteiger charge is 2.22. The van der Waals surface area contributed by atoms with Crippen LogP contribution in [0.5, 0.6) is 5.75 Å². The fourth-order valence-corrected chi connectivity index (χ4v) is 2.53. The largest absolute Gasteiger partial charge is 0.508 e. The molecule has 2 aromatic rings. The summed E-state index contributed by atoms with van der Waals surface area (Å²) in [6, 6.07) is 4.89. The molecule has 5 heteroatoms. The van der Waals surface area contributed by atoms with Crippen LogP contribution in [-0.4, -0.2) is 20.5 Å². The van der Waals surface area contributed by atoms with Crippen LogP contribution in [0.4, 0.5) is 0 Å². The third-order valence-electron chi connectivity index (χ3n) is 2.99. The van der Waals surface area contributed by atoms with Crippen LogP contribution in [-0.2, 0) is 6.42 Å². The van der Waals surface area contributed by atoms with E-state index in [0.29, 0.717) is 12.0 Å². The lowest BCUT2D eigenvalue weighted by molar-refractivity contribution is 0.102. The van der Waals surface area contributed by atoms with Gasteiger partial charge in [-0.05, 0) is 54.2 Å². The molecule has 1 aliphatic carbocycles. The molecule has 1 aromatic carbocycles. The van der Waals surface area contributed by atoms with E-state index >= 15 is 0 Å². The molecule has 4 nitrogen and oxygen atoms in total. The first kappa shape index (κ1) is 11.1. The highest BCUT2D eigenvalue weighted by molar-refractivity contribution is 7.03. The fraction of sp³-hybridized carbons (Fsp3) is 0.154. The lowest BCUT2D eigenvalue weighted by atomic mass is 9.86. The van der Waals surface area contributed by atoms with E-state index in [9.17, 15) is 9.90 Å². The van der Waals surface area contributed by atoms with Gasteiger partial charge in [-0.25, -0.2) is 0 Å². The van der Waals surface area contributed by atoms with Crippen LogP contribution in [0.25, 0.3) is 6.08 Å². The Morgan fingerprint density at radius 2 is 2.22 bits per heavy atom. The number of Topliss-reactive ketones (excluding diaryl/α,β-unsaturated/α-hetero) is 1. The molecule has 0 saturated carbocycles. The van der Waals surface area contributed by atoms with Gasteiger partial charge in [0, 0.05) is 16.5 Å². The molecule has 3 rings (SSSR count). The van der Waals surface area contributed by atoms with E-state index in [-0.39, 0.29) is 11.5 Å². The van der Waals surface area contributed by atoms with Gasteiger partial charge >= 0.3 is 0 Å². The zero-order valence-corrected chi connectivity index (χ0v) is 10.3. The predicted octanol–water partition coefficient (Wildman–Crippen LogP) is 2.46. The van der Waals surface area contributed by atoms with E-state index in [1.165, 1.54) is 11.5 Å². The number of aromatic nitrogens is 2. The maximum absolute atomic E-state index is 12.3. The van der Waals surface area contributed by atoms with Crippen LogP contribution < -0.4 is 0 Å². The van der Waals surface area contributed by atoms with Gasteiger partial charge in [0.15, 0.2) is 5.78 Å². The summed E-state index contributed by atoms with van der Waals surface area (Å²) in [5.74, 6) is 0.224. The van der Waals surface area contributed by atoms with E-state index in [1.54, 1.807) is 24.3 Å². The number of aryl methyl sites for hydroxylation is 1. The average Bonchev–Trinajstić information content (AvgIpc) is 2.85. The summed E-state index contributed by atoms with van der Waals surface area (Å²) in [6.07, 6.45) is 3.23. The molecule has 0 atom stereocenters. The Labute approximate surface area is 108 Å². The Hall–Kier alpha value is -2.01. The van der Waals surface area contributed by atoms with Crippen molar-refractivity contribution < 1.29 is 9.90 Å². The normalized spacial score (nSPS) is 16.9. The molecule has 0 spiro atoms.